The summed E-state index contributed by atoms with van der Waals surface area (Å²) in [7, 11) is 0. The van der Waals surface area contributed by atoms with Crippen molar-refractivity contribution in [1.82, 2.24) is 4.90 Å². The second kappa shape index (κ2) is 9.10. The Balaban J connectivity index is 1.38. The number of carbonyl (C=O) groups excluding carboxylic acids is 2. The molecule has 1 aliphatic heterocycles. The minimum Gasteiger partial charge on any atom is -0.484 e. The number of hydrogen-bond acceptors (Lipinski definition) is 3. The van der Waals surface area contributed by atoms with Gasteiger partial charge in [-0.3, -0.25) is 9.59 Å². The molecule has 0 saturated heterocycles. The summed E-state index contributed by atoms with van der Waals surface area (Å²) in [5.74, 6) is 0.842. The topological polar surface area (TPSA) is 58.6 Å². The van der Waals surface area contributed by atoms with E-state index in [1.54, 1.807) is 0 Å². The summed E-state index contributed by atoms with van der Waals surface area (Å²) < 4.78 is 5.85. The van der Waals surface area contributed by atoms with E-state index in [4.69, 9.17) is 4.74 Å². The molecule has 1 aliphatic carbocycles. The lowest BCUT2D eigenvalue weighted by molar-refractivity contribution is -0.134. The SMILES string of the molecule is Cc1ccc([C@H]2c3cc(OCC(=O)Nc4ccccc4)ccc3CCN2C(=O)C2CC2)cc1. The number of aryl methyl sites for hydroxylation is 1. The lowest BCUT2D eigenvalue weighted by Gasteiger charge is -2.38. The Hall–Kier alpha value is -3.60. The van der Waals surface area contributed by atoms with Crippen molar-refractivity contribution < 1.29 is 14.3 Å². The molecule has 1 fully saturated rings. The number of rotatable bonds is 6. The number of benzene rings is 3. The number of nitrogens with zero attached hydrogens (tertiary/aromatic N) is 1. The highest BCUT2D eigenvalue weighted by Crippen LogP contribution is 2.41. The van der Waals surface area contributed by atoms with Gasteiger partial charge in [-0.05, 0) is 67.1 Å². The number of amides is 2. The van der Waals surface area contributed by atoms with Crippen LogP contribution in [0.5, 0.6) is 5.75 Å². The molecule has 2 amide bonds. The fourth-order valence-electron chi connectivity index (χ4n) is 4.46. The average Bonchev–Trinajstić information content (AvgIpc) is 3.68. The summed E-state index contributed by atoms with van der Waals surface area (Å²) in [5.41, 5.74) is 5.35. The number of nitrogens with one attached hydrogen (secondary N) is 1. The molecule has 0 radical (unpaired) electrons. The predicted molar refractivity (Wildman–Crippen MR) is 128 cm³/mol. The molecule has 3 aromatic rings. The van der Waals surface area contributed by atoms with Crippen molar-refractivity contribution in [3.63, 3.8) is 0 Å². The zero-order valence-electron chi connectivity index (χ0n) is 18.8. The van der Waals surface area contributed by atoms with E-state index in [1.165, 1.54) is 11.1 Å². The van der Waals surface area contributed by atoms with E-state index >= 15 is 0 Å². The third-order valence-corrected chi connectivity index (χ3v) is 6.38. The Bertz CT molecular complexity index is 1150. The van der Waals surface area contributed by atoms with Crippen LogP contribution in [0.4, 0.5) is 5.69 Å². The predicted octanol–water partition coefficient (Wildman–Crippen LogP) is 4.90. The molecule has 5 nitrogen and oxygen atoms in total. The Morgan fingerprint density at radius 2 is 1.76 bits per heavy atom. The van der Waals surface area contributed by atoms with Crippen LogP contribution in [0, 0.1) is 12.8 Å². The zero-order valence-corrected chi connectivity index (χ0v) is 18.8. The standard InChI is InChI=1S/C28H28N2O3/c1-19-7-9-21(10-8-19)27-25-17-24(33-18-26(31)29-23-5-3-2-4-6-23)14-13-20(25)15-16-30(27)28(32)22-11-12-22/h2-10,13-14,17,22,27H,11-12,15-16,18H2,1H3,(H,29,31)/t27-/m0/s1. The maximum absolute atomic E-state index is 13.1. The monoisotopic (exact) mass is 440 g/mol. The summed E-state index contributed by atoms with van der Waals surface area (Å²) in [6, 6.07) is 23.6. The molecule has 5 heteroatoms. The molecular weight excluding hydrogens is 412 g/mol. The van der Waals surface area contributed by atoms with Crippen molar-refractivity contribution in [3.05, 3.63) is 95.1 Å². The number of hydrogen-bond donors (Lipinski definition) is 1. The van der Waals surface area contributed by atoms with Crippen LogP contribution in [0.15, 0.2) is 72.8 Å². The van der Waals surface area contributed by atoms with Crippen molar-refractivity contribution >= 4 is 17.5 Å². The van der Waals surface area contributed by atoms with Crippen molar-refractivity contribution in [3.8, 4) is 5.75 Å². The van der Waals surface area contributed by atoms with Crippen LogP contribution < -0.4 is 10.1 Å². The average molecular weight is 441 g/mol. The van der Waals surface area contributed by atoms with Gasteiger partial charge in [-0.2, -0.15) is 0 Å². The first kappa shape index (κ1) is 21.3. The van der Waals surface area contributed by atoms with E-state index in [1.807, 2.05) is 47.4 Å². The molecule has 2 aliphatic rings. The Kier molecular flexibility index (Phi) is 5.86. The molecule has 168 valence electrons. The van der Waals surface area contributed by atoms with Gasteiger partial charge in [-0.25, -0.2) is 0 Å². The molecule has 1 atom stereocenters. The Morgan fingerprint density at radius 1 is 1.00 bits per heavy atom. The zero-order chi connectivity index (χ0) is 22.8. The molecule has 1 saturated carbocycles. The van der Waals surface area contributed by atoms with Crippen LogP contribution in [-0.2, 0) is 16.0 Å². The molecule has 0 unspecified atom stereocenters. The Morgan fingerprint density at radius 3 is 2.48 bits per heavy atom. The van der Waals surface area contributed by atoms with E-state index in [0.717, 1.165) is 42.6 Å². The van der Waals surface area contributed by atoms with Crippen LogP contribution in [-0.4, -0.2) is 29.9 Å². The summed E-state index contributed by atoms with van der Waals surface area (Å²) in [4.78, 5) is 27.5. The summed E-state index contributed by atoms with van der Waals surface area (Å²) in [6.07, 6.45) is 2.80. The van der Waals surface area contributed by atoms with Gasteiger partial charge >= 0.3 is 0 Å². The lowest BCUT2D eigenvalue weighted by atomic mass is 9.87. The van der Waals surface area contributed by atoms with Crippen LogP contribution in [0.3, 0.4) is 0 Å². The van der Waals surface area contributed by atoms with Crippen molar-refractivity contribution in [2.45, 2.75) is 32.2 Å². The molecule has 0 aromatic heterocycles. The molecule has 33 heavy (non-hydrogen) atoms. The molecule has 3 aromatic carbocycles. The fourth-order valence-corrected chi connectivity index (χ4v) is 4.46. The van der Waals surface area contributed by atoms with E-state index in [-0.39, 0.29) is 30.4 Å². The van der Waals surface area contributed by atoms with Gasteiger partial charge in [-0.15, -0.1) is 0 Å². The van der Waals surface area contributed by atoms with Gasteiger partial charge in [0.2, 0.25) is 5.91 Å². The first-order chi connectivity index (χ1) is 16.1. The second-order valence-corrected chi connectivity index (χ2v) is 8.93. The van der Waals surface area contributed by atoms with E-state index < -0.39 is 0 Å². The highest BCUT2D eigenvalue weighted by molar-refractivity contribution is 5.91. The lowest BCUT2D eigenvalue weighted by Crippen LogP contribution is -2.41. The smallest absolute Gasteiger partial charge is 0.262 e. The second-order valence-electron chi connectivity index (χ2n) is 8.93. The molecular formula is C28H28N2O3. The molecule has 5 rings (SSSR count). The van der Waals surface area contributed by atoms with Gasteiger partial charge in [0.15, 0.2) is 6.61 Å². The summed E-state index contributed by atoms with van der Waals surface area (Å²) in [5, 5.41) is 2.84. The summed E-state index contributed by atoms with van der Waals surface area (Å²) >= 11 is 0. The minimum atomic E-state index is -0.209. The molecule has 0 spiro atoms. The van der Waals surface area contributed by atoms with Crippen LogP contribution in [0.2, 0.25) is 0 Å². The fraction of sp³-hybridized carbons (Fsp3) is 0.286. The molecule has 0 bridgehead atoms. The van der Waals surface area contributed by atoms with Crippen molar-refractivity contribution in [2.75, 3.05) is 18.5 Å². The maximum Gasteiger partial charge on any atom is 0.262 e. The van der Waals surface area contributed by atoms with Gasteiger partial charge in [0.05, 0.1) is 6.04 Å². The van der Waals surface area contributed by atoms with Crippen molar-refractivity contribution in [1.29, 1.82) is 0 Å². The van der Waals surface area contributed by atoms with Gasteiger partial charge in [0.25, 0.3) is 5.91 Å². The van der Waals surface area contributed by atoms with Gasteiger partial charge in [0, 0.05) is 18.2 Å². The number of para-hydroxylation sites is 1. The molecule has 1 N–H and O–H groups in total. The van der Waals surface area contributed by atoms with Gasteiger partial charge < -0.3 is 15.0 Å². The van der Waals surface area contributed by atoms with Crippen LogP contribution >= 0.6 is 0 Å². The minimum absolute atomic E-state index is 0.0758. The van der Waals surface area contributed by atoms with E-state index in [2.05, 4.69) is 42.6 Å². The normalized spacial score (nSPS) is 17.2. The van der Waals surface area contributed by atoms with Gasteiger partial charge in [-0.1, -0.05) is 54.1 Å². The van der Waals surface area contributed by atoms with E-state index in [0.29, 0.717) is 5.75 Å². The van der Waals surface area contributed by atoms with Crippen LogP contribution in [0.25, 0.3) is 0 Å². The molecule has 1 heterocycles. The number of ether oxygens (including phenoxy) is 1. The van der Waals surface area contributed by atoms with Gasteiger partial charge in [0.1, 0.15) is 5.75 Å². The maximum atomic E-state index is 13.1. The van der Waals surface area contributed by atoms with Crippen molar-refractivity contribution in [2.24, 2.45) is 5.92 Å². The third-order valence-electron chi connectivity index (χ3n) is 6.38. The highest BCUT2D eigenvalue weighted by atomic mass is 16.5. The first-order valence-corrected chi connectivity index (χ1v) is 11.6. The number of anilines is 1. The first-order valence-electron chi connectivity index (χ1n) is 11.6. The number of fused-ring (bicyclic) bond motifs is 1. The Labute approximate surface area is 194 Å². The number of carbonyl (C=O) groups is 2. The quantitative estimate of drug-likeness (QED) is 0.593. The van der Waals surface area contributed by atoms with E-state index in [9.17, 15) is 9.59 Å². The largest absolute Gasteiger partial charge is 0.484 e. The highest BCUT2D eigenvalue weighted by Gasteiger charge is 2.39. The van der Waals surface area contributed by atoms with Crippen LogP contribution in [0.1, 0.15) is 41.1 Å². The third kappa shape index (κ3) is 4.77. The summed E-state index contributed by atoms with van der Waals surface area (Å²) in [6.45, 7) is 2.71.